The van der Waals surface area contributed by atoms with E-state index in [1.54, 1.807) is 0 Å². The first kappa shape index (κ1) is 34.5. The van der Waals surface area contributed by atoms with Gasteiger partial charge in [-0.15, -0.1) is 0 Å². The Kier molecular flexibility index (Phi) is 24.8. The predicted molar refractivity (Wildman–Crippen MR) is 156 cm³/mol. The molecule has 0 aromatic heterocycles. The minimum absolute atomic E-state index is 0.0907. The van der Waals surface area contributed by atoms with Crippen LogP contribution in [0.2, 0.25) is 0 Å². The Morgan fingerprint density at radius 1 is 0.514 bits per heavy atom. The van der Waals surface area contributed by atoms with E-state index in [-0.39, 0.29) is 17.5 Å². The predicted octanol–water partition coefficient (Wildman–Crippen LogP) is 11.7. The molecule has 0 aromatic carbocycles. The summed E-state index contributed by atoms with van der Waals surface area (Å²) < 4.78 is 6.63. The number of unbranched alkanes of at least 4 members (excludes halogenated alkanes) is 16. The Hall–Kier alpha value is -0.530. The minimum Gasteiger partial charge on any atom is -0.459 e. The van der Waals surface area contributed by atoms with E-state index in [4.69, 9.17) is 4.74 Å². The molecule has 0 aromatic rings. The number of esters is 1. The van der Waals surface area contributed by atoms with Crippen LogP contribution in [0, 0.1) is 5.92 Å². The number of ether oxygens (including phenoxy) is 1. The highest BCUT2D eigenvalue weighted by Gasteiger charge is 2.34. The van der Waals surface area contributed by atoms with Crippen LogP contribution < -0.4 is 0 Å². The normalized spacial score (nSPS) is 12.7. The van der Waals surface area contributed by atoms with Crippen molar-refractivity contribution in [3.8, 4) is 0 Å². The molecule has 2 heteroatoms. The second-order valence-electron chi connectivity index (χ2n) is 11.4. The summed E-state index contributed by atoms with van der Waals surface area (Å²) >= 11 is 0. The third kappa shape index (κ3) is 19.3. The van der Waals surface area contributed by atoms with Gasteiger partial charge >= 0.3 is 5.97 Å². The van der Waals surface area contributed by atoms with Crippen molar-refractivity contribution in [3.05, 3.63) is 0 Å². The van der Waals surface area contributed by atoms with Gasteiger partial charge in [-0.05, 0) is 51.4 Å². The molecule has 0 aliphatic carbocycles. The molecule has 0 spiro atoms. The minimum atomic E-state index is -0.211. The molecule has 0 saturated carbocycles. The van der Waals surface area contributed by atoms with Crippen molar-refractivity contribution in [1.82, 2.24) is 0 Å². The average molecular weight is 495 g/mol. The molecule has 0 saturated heterocycles. The molecule has 1 atom stereocenters. The molecule has 0 radical (unpaired) electrons. The van der Waals surface area contributed by atoms with E-state index < -0.39 is 0 Å². The zero-order chi connectivity index (χ0) is 26.0. The van der Waals surface area contributed by atoms with Gasteiger partial charge in [0.1, 0.15) is 5.60 Å². The van der Waals surface area contributed by atoms with Gasteiger partial charge in [-0.1, -0.05) is 144 Å². The summed E-state index contributed by atoms with van der Waals surface area (Å²) in [5.41, 5.74) is -0.211. The van der Waals surface area contributed by atoms with Crippen molar-refractivity contribution in [2.75, 3.05) is 0 Å². The van der Waals surface area contributed by atoms with Crippen molar-refractivity contribution >= 4 is 5.97 Å². The first-order valence-electron chi connectivity index (χ1n) is 16.3. The van der Waals surface area contributed by atoms with Gasteiger partial charge in [-0.3, -0.25) is 4.79 Å². The van der Waals surface area contributed by atoms with Crippen molar-refractivity contribution in [1.29, 1.82) is 0 Å². The van der Waals surface area contributed by atoms with E-state index in [1.807, 2.05) is 0 Å². The van der Waals surface area contributed by atoms with Gasteiger partial charge in [0.05, 0.1) is 5.92 Å². The molecule has 0 N–H and O–H groups in total. The highest BCUT2D eigenvalue weighted by molar-refractivity contribution is 5.72. The summed E-state index contributed by atoms with van der Waals surface area (Å²) in [7, 11) is 0. The smallest absolute Gasteiger partial charge is 0.309 e. The Morgan fingerprint density at radius 3 is 1.20 bits per heavy atom. The zero-order valence-electron chi connectivity index (χ0n) is 25.1. The summed E-state index contributed by atoms with van der Waals surface area (Å²) in [6, 6.07) is 0. The maximum atomic E-state index is 13.4. The number of hydrogen-bond acceptors (Lipinski definition) is 2. The van der Waals surface area contributed by atoms with Crippen LogP contribution in [0.3, 0.4) is 0 Å². The fourth-order valence-corrected chi connectivity index (χ4v) is 5.45. The zero-order valence-corrected chi connectivity index (χ0v) is 25.1. The second-order valence-corrected chi connectivity index (χ2v) is 11.4. The molecule has 0 rings (SSSR count). The van der Waals surface area contributed by atoms with Gasteiger partial charge in [-0.2, -0.15) is 0 Å². The quantitative estimate of drug-likeness (QED) is 0.0838. The molecule has 0 aliphatic rings. The summed E-state index contributed by atoms with van der Waals surface area (Å²) in [5.74, 6) is 0.205. The van der Waals surface area contributed by atoms with E-state index >= 15 is 0 Å². The molecule has 0 fully saturated rings. The van der Waals surface area contributed by atoms with Gasteiger partial charge in [0.15, 0.2) is 0 Å². The third-order valence-corrected chi connectivity index (χ3v) is 8.01. The molecular weight excluding hydrogens is 428 g/mol. The fourth-order valence-electron chi connectivity index (χ4n) is 5.45. The third-order valence-electron chi connectivity index (χ3n) is 8.01. The maximum Gasteiger partial charge on any atom is 0.309 e. The number of carbonyl (C=O) groups excluding carboxylic acids is 1. The molecule has 0 bridgehead atoms. The number of rotatable bonds is 27. The molecule has 0 aliphatic heterocycles. The van der Waals surface area contributed by atoms with E-state index in [1.165, 1.54) is 116 Å². The molecule has 2 nitrogen and oxygen atoms in total. The van der Waals surface area contributed by atoms with Gasteiger partial charge in [-0.25, -0.2) is 0 Å². The average Bonchev–Trinajstić information content (AvgIpc) is 2.86. The van der Waals surface area contributed by atoms with Gasteiger partial charge in [0.2, 0.25) is 0 Å². The highest BCUT2D eigenvalue weighted by atomic mass is 16.6. The SMILES string of the molecule is CCCCCCCCC(CCCCCCCC)(CCCCCCCC)OC(=O)C(CC)CCCC. The molecule has 1 unspecified atom stereocenters. The lowest BCUT2D eigenvalue weighted by Crippen LogP contribution is -2.37. The van der Waals surface area contributed by atoms with E-state index in [0.717, 1.165) is 44.9 Å². The first-order valence-corrected chi connectivity index (χ1v) is 16.3. The fraction of sp³-hybridized carbons (Fsp3) is 0.970. The Balaban J connectivity index is 5.22. The second kappa shape index (κ2) is 25.1. The maximum absolute atomic E-state index is 13.4. The van der Waals surface area contributed by atoms with Gasteiger partial charge < -0.3 is 4.74 Å². The number of hydrogen-bond donors (Lipinski definition) is 0. The summed E-state index contributed by atoms with van der Waals surface area (Å²) in [4.78, 5) is 13.4. The van der Waals surface area contributed by atoms with Crippen molar-refractivity contribution in [2.24, 2.45) is 5.92 Å². The Morgan fingerprint density at radius 2 is 0.857 bits per heavy atom. The Bertz CT molecular complexity index is 404. The highest BCUT2D eigenvalue weighted by Crippen LogP contribution is 2.34. The summed E-state index contributed by atoms with van der Waals surface area (Å²) in [6.07, 6.45) is 31.0. The van der Waals surface area contributed by atoms with Crippen molar-refractivity contribution < 1.29 is 9.53 Å². The summed E-state index contributed by atoms with van der Waals surface area (Å²) in [6.45, 7) is 11.2. The van der Waals surface area contributed by atoms with Crippen LogP contribution in [0.5, 0.6) is 0 Å². The first-order chi connectivity index (χ1) is 17.1. The standard InChI is InChI=1S/C33H66O2/c1-6-11-15-18-21-24-28-33(29-25-22-19-16-12-7-2,30-26-23-20-17-13-8-3)35-32(34)31(10-5)27-14-9-4/h31H,6-30H2,1-5H3. The molecule has 210 valence electrons. The molecular formula is C33H66O2. The van der Waals surface area contributed by atoms with Crippen molar-refractivity contribution in [2.45, 2.75) is 201 Å². The van der Waals surface area contributed by atoms with Crippen LogP contribution in [0.1, 0.15) is 195 Å². The largest absolute Gasteiger partial charge is 0.459 e. The van der Waals surface area contributed by atoms with E-state index in [2.05, 4.69) is 34.6 Å². The Labute approximate surface area is 222 Å². The number of carbonyl (C=O) groups is 1. The van der Waals surface area contributed by atoms with Crippen LogP contribution in [-0.2, 0) is 9.53 Å². The van der Waals surface area contributed by atoms with Crippen LogP contribution in [0.25, 0.3) is 0 Å². The van der Waals surface area contributed by atoms with E-state index in [9.17, 15) is 4.79 Å². The van der Waals surface area contributed by atoms with Crippen LogP contribution in [-0.4, -0.2) is 11.6 Å². The van der Waals surface area contributed by atoms with Crippen LogP contribution in [0.15, 0.2) is 0 Å². The van der Waals surface area contributed by atoms with Gasteiger partial charge in [0, 0.05) is 0 Å². The monoisotopic (exact) mass is 495 g/mol. The summed E-state index contributed by atoms with van der Waals surface area (Å²) in [5, 5.41) is 0. The van der Waals surface area contributed by atoms with Crippen molar-refractivity contribution in [3.63, 3.8) is 0 Å². The lowest BCUT2D eigenvalue weighted by Gasteiger charge is -2.36. The lowest BCUT2D eigenvalue weighted by molar-refractivity contribution is -0.168. The van der Waals surface area contributed by atoms with E-state index in [0.29, 0.717) is 0 Å². The van der Waals surface area contributed by atoms with Crippen LogP contribution >= 0.6 is 0 Å². The molecule has 0 amide bonds. The van der Waals surface area contributed by atoms with Gasteiger partial charge in [0.25, 0.3) is 0 Å². The molecule has 0 heterocycles. The topological polar surface area (TPSA) is 26.3 Å². The lowest BCUT2D eigenvalue weighted by atomic mass is 9.84. The molecule has 35 heavy (non-hydrogen) atoms. The van der Waals surface area contributed by atoms with Crippen LogP contribution in [0.4, 0.5) is 0 Å².